The number of fused-ring (bicyclic) bond motifs is 1. The maximum atomic E-state index is 11.4. The van der Waals surface area contributed by atoms with Crippen molar-refractivity contribution < 1.29 is 14.3 Å². The SMILES string of the molecule is CCC(C)N(CC)Cc1c(C(=O)O)oc2ccccc12. The number of furan rings is 1. The maximum Gasteiger partial charge on any atom is 0.372 e. The van der Waals surface area contributed by atoms with Crippen molar-refractivity contribution in [1.29, 1.82) is 0 Å². The summed E-state index contributed by atoms with van der Waals surface area (Å²) in [7, 11) is 0. The molecule has 20 heavy (non-hydrogen) atoms. The largest absolute Gasteiger partial charge is 0.475 e. The topological polar surface area (TPSA) is 53.7 Å². The molecule has 1 N–H and O–H groups in total. The molecule has 1 unspecified atom stereocenters. The molecular formula is C16H21NO3. The first-order valence-corrected chi connectivity index (χ1v) is 7.06. The number of para-hydroxylation sites is 1. The molecular weight excluding hydrogens is 254 g/mol. The molecule has 0 bridgehead atoms. The Hall–Kier alpha value is -1.81. The van der Waals surface area contributed by atoms with Crippen LogP contribution in [0.25, 0.3) is 11.0 Å². The van der Waals surface area contributed by atoms with Crippen LogP contribution in [-0.4, -0.2) is 28.6 Å². The van der Waals surface area contributed by atoms with Crippen molar-refractivity contribution >= 4 is 16.9 Å². The highest BCUT2D eigenvalue weighted by Gasteiger charge is 2.22. The first kappa shape index (κ1) is 14.6. The van der Waals surface area contributed by atoms with Crippen LogP contribution in [0.15, 0.2) is 28.7 Å². The Labute approximate surface area is 119 Å². The van der Waals surface area contributed by atoms with Gasteiger partial charge in [0.05, 0.1) is 0 Å². The fraction of sp³-hybridized carbons (Fsp3) is 0.438. The molecule has 0 aliphatic carbocycles. The molecule has 108 valence electrons. The van der Waals surface area contributed by atoms with Gasteiger partial charge < -0.3 is 9.52 Å². The molecule has 0 spiro atoms. The van der Waals surface area contributed by atoms with Gasteiger partial charge in [-0.2, -0.15) is 0 Å². The van der Waals surface area contributed by atoms with Crippen LogP contribution in [-0.2, 0) is 6.54 Å². The van der Waals surface area contributed by atoms with Crippen LogP contribution in [0.1, 0.15) is 43.3 Å². The summed E-state index contributed by atoms with van der Waals surface area (Å²) in [6, 6.07) is 7.91. The van der Waals surface area contributed by atoms with Gasteiger partial charge in [-0.1, -0.05) is 32.0 Å². The fourth-order valence-corrected chi connectivity index (χ4v) is 2.47. The molecule has 1 aromatic heterocycles. The first-order chi connectivity index (χ1) is 9.58. The van der Waals surface area contributed by atoms with Gasteiger partial charge in [0, 0.05) is 23.5 Å². The third-order valence-electron chi connectivity index (χ3n) is 3.87. The van der Waals surface area contributed by atoms with E-state index < -0.39 is 5.97 Å². The number of carboxylic acid groups (broad SMARTS) is 1. The van der Waals surface area contributed by atoms with Crippen molar-refractivity contribution in [1.82, 2.24) is 4.90 Å². The van der Waals surface area contributed by atoms with Gasteiger partial charge in [-0.15, -0.1) is 0 Å². The molecule has 2 rings (SSSR count). The van der Waals surface area contributed by atoms with E-state index in [1.165, 1.54) is 0 Å². The van der Waals surface area contributed by atoms with E-state index in [2.05, 4.69) is 25.7 Å². The Kier molecular flexibility index (Phi) is 4.45. The van der Waals surface area contributed by atoms with Gasteiger partial charge in [0.15, 0.2) is 0 Å². The zero-order valence-corrected chi connectivity index (χ0v) is 12.2. The monoisotopic (exact) mass is 275 g/mol. The van der Waals surface area contributed by atoms with Gasteiger partial charge in [-0.25, -0.2) is 4.79 Å². The minimum Gasteiger partial charge on any atom is -0.475 e. The highest BCUT2D eigenvalue weighted by molar-refractivity contribution is 5.95. The van der Waals surface area contributed by atoms with E-state index in [0.717, 1.165) is 23.9 Å². The Bertz CT molecular complexity index is 603. The van der Waals surface area contributed by atoms with Gasteiger partial charge >= 0.3 is 5.97 Å². The molecule has 4 nitrogen and oxygen atoms in total. The number of nitrogens with zero attached hydrogens (tertiary/aromatic N) is 1. The minimum atomic E-state index is -1.00. The third kappa shape index (κ3) is 2.70. The lowest BCUT2D eigenvalue weighted by atomic mass is 10.1. The molecule has 0 aliphatic heterocycles. The van der Waals surface area contributed by atoms with Gasteiger partial charge in [0.1, 0.15) is 5.58 Å². The van der Waals surface area contributed by atoms with Gasteiger partial charge in [-0.05, 0) is 26.0 Å². The lowest BCUT2D eigenvalue weighted by Crippen LogP contribution is -2.32. The minimum absolute atomic E-state index is 0.0629. The number of rotatable bonds is 6. The molecule has 0 aliphatic rings. The Morgan fingerprint density at radius 1 is 1.35 bits per heavy atom. The summed E-state index contributed by atoms with van der Waals surface area (Å²) in [6.45, 7) is 7.87. The molecule has 2 aromatic rings. The van der Waals surface area contributed by atoms with Crippen LogP contribution in [0, 0.1) is 0 Å². The van der Waals surface area contributed by atoms with Crippen molar-refractivity contribution in [3.63, 3.8) is 0 Å². The van der Waals surface area contributed by atoms with Gasteiger partial charge in [0.25, 0.3) is 0 Å². The third-order valence-corrected chi connectivity index (χ3v) is 3.87. The lowest BCUT2D eigenvalue weighted by molar-refractivity contribution is 0.0660. The average molecular weight is 275 g/mol. The van der Waals surface area contributed by atoms with Crippen molar-refractivity contribution in [3.05, 3.63) is 35.6 Å². The zero-order valence-electron chi connectivity index (χ0n) is 12.2. The molecule has 4 heteroatoms. The van der Waals surface area contributed by atoms with Crippen LogP contribution >= 0.6 is 0 Å². The van der Waals surface area contributed by atoms with E-state index in [4.69, 9.17) is 4.42 Å². The average Bonchev–Trinajstić information content (AvgIpc) is 2.82. The molecule has 1 atom stereocenters. The Morgan fingerprint density at radius 2 is 2.05 bits per heavy atom. The number of aromatic carboxylic acids is 1. The van der Waals surface area contributed by atoms with Crippen LogP contribution < -0.4 is 0 Å². The van der Waals surface area contributed by atoms with Crippen molar-refractivity contribution in [2.24, 2.45) is 0 Å². The second-order valence-electron chi connectivity index (χ2n) is 5.03. The van der Waals surface area contributed by atoms with Crippen LogP contribution in [0.2, 0.25) is 0 Å². The summed E-state index contributed by atoms with van der Waals surface area (Å²) in [5.74, 6) is -0.940. The fourth-order valence-electron chi connectivity index (χ4n) is 2.47. The van der Waals surface area contributed by atoms with E-state index >= 15 is 0 Å². The summed E-state index contributed by atoms with van der Waals surface area (Å²) in [4.78, 5) is 13.7. The molecule has 0 saturated carbocycles. The maximum absolute atomic E-state index is 11.4. The first-order valence-electron chi connectivity index (χ1n) is 7.06. The molecule has 0 amide bonds. The zero-order chi connectivity index (χ0) is 14.7. The Balaban J connectivity index is 2.46. The number of carbonyl (C=O) groups is 1. The van der Waals surface area contributed by atoms with Crippen molar-refractivity contribution in [2.45, 2.75) is 39.8 Å². The number of benzene rings is 1. The van der Waals surface area contributed by atoms with Crippen molar-refractivity contribution in [2.75, 3.05) is 6.54 Å². The van der Waals surface area contributed by atoms with E-state index in [1.807, 2.05) is 24.3 Å². The number of carboxylic acids is 1. The standard InChI is InChI=1S/C16H21NO3/c1-4-11(3)17(5-2)10-13-12-8-6-7-9-14(12)20-15(13)16(18)19/h6-9,11H,4-5,10H2,1-3H3,(H,18,19). The second kappa shape index (κ2) is 6.09. The molecule has 0 fully saturated rings. The van der Waals surface area contributed by atoms with Crippen molar-refractivity contribution in [3.8, 4) is 0 Å². The van der Waals surface area contributed by atoms with Crippen LogP contribution in [0.5, 0.6) is 0 Å². The Morgan fingerprint density at radius 3 is 2.65 bits per heavy atom. The summed E-state index contributed by atoms with van der Waals surface area (Å²) < 4.78 is 5.49. The summed E-state index contributed by atoms with van der Waals surface area (Å²) in [6.07, 6.45) is 1.03. The normalized spacial score (nSPS) is 13.0. The molecule has 1 aromatic carbocycles. The highest BCUT2D eigenvalue weighted by atomic mass is 16.4. The summed E-state index contributed by atoms with van der Waals surface area (Å²) in [5.41, 5.74) is 1.41. The van der Waals surface area contributed by atoms with Crippen LogP contribution in [0.4, 0.5) is 0 Å². The second-order valence-corrected chi connectivity index (χ2v) is 5.03. The molecule has 0 radical (unpaired) electrons. The summed E-state index contributed by atoms with van der Waals surface area (Å²) >= 11 is 0. The van der Waals surface area contributed by atoms with E-state index in [-0.39, 0.29) is 5.76 Å². The quantitative estimate of drug-likeness (QED) is 0.872. The predicted molar refractivity (Wildman–Crippen MR) is 79.0 cm³/mol. The number of hydrogen-bond donors (Lipinski definition) is 1. The highest BCUT2D eigenvalue weighted by Crippen LogP contribution is 2.27. The van der Waals surface area contributed by atoms with E-state index in [1.54, 1.807) is 0 Å². The molecule has 0 saturated heterocycles. The lowest BCUT2D eigenvalue weighted by Gasteiger charge is -2.26. The number of hydrogen-bond acceptors (Lipinski definition) is 3. The van der Waals surface area contributed by atoms with E-state index in [0.29, 0.717) is 18.2 Å². The summed E-state index contributed by atoms with van der Waals surface area (Å²) in [5, 5.41) is 10.2. The van der Waals surface area contributed by atoms with Gasteiger partial charge in [0.2, 0.25) is 5.76 Å². The molecule has 1 heterocycles. The predicted octanol–water partition coefficient (Wildman–Crippen LogP) is 3.75. The van der Waals surface area contributed by atoms with Gasteiger partial charge in [-0.3, -0.25) is 4.90 Å². The van der Waals surface area contributed by atoms with Crippen LogP contribution in [0.3, 0.4) is 0 Å². The smallest absolute Gasteiger partial charge is 0.372 e. The van der Waals surface area contributed by atoms with E-state index in [9.17, 15) is 9.90 Å².